The second kappa shape index (κ2) is 6.27. The smallest absolute Gasteiger partial charge is 0.254 e. The molecule has 0 radical (unpaired) electrons. The fraction of sp³-hybridized carbons (Fsp3) is 0.375. The summed E-state index contributed by atoms with van der Waals surface area (Å²) < 4.78 is 0. The highest BCUT2D eigenvalue weighted by Crippen LogP contribution is 2.21. The van der Waals surface area contributed by atoms with Crippen molar-refractivity contribution in [2.24, 2.45) is 0 Å². The highest BCUT2D eigenvalue weighted by molar-refractivity contribution is 7.98. The van der Waals surface area contributed by atoms with Gasteiger partial charge in [-0.1, -0.05) is 24.6 Å². The Morgan fingerprint density at radius 1 is 1.10 bits per heavy atom. The van der Waals surface area contributed by atoms with E-state index in [2.05, 4.69) is 22.1 Å². The van der Waals surface area contributed by atoms with Crippen molar-refractivity contribution in [2.75, 3.05) is 0 Å². The number of aromatic amines is 1. The van der Waals surface area contributed by atoms with Crippen LogP contribution in [0.5, 0.6) is 0 Å². The van der Waals surface area contributed by atoms with Crippen LogP contribution < -0.4 is 5.56 Å². The Labute approximate surface area is 122 Å². The van der Waals surface area contributed by atoms with Crippen LogP contribution in [0.1, 0.15) is 36.3 Å². The first-order valence-corrected chi connectivity index (χ1v) is 8.10. The molecule has 0 unspecified atom stereocenters. The van der Waals surface area contributed by atoms with Gasteiger partial charge >= 0.3 is 0 Å². The van der Waals surface area contributed by atoms with Gasteiger partial charge in [-0.15, -0.1) is 11.8 Å². The maximum absolute atomic E-state index is 12.1. The van der Waals surface area contributed by atoms with Gasteiger partial charge in [0.1, 0.15) is 5.82 Å². The number of nitrogens with zero attached hydrogens (tertiary/aromatic N) is 1. The Morgan fingerprint density at radius 3 is 2.75 bits per heavy atom. The van der Waals surface area contributed by atoms with E-state index < -0.39 is 0 Å². The van der Waals surface area contributed by atoms with Gasteiger partial charge in [0.2, 0.25) is 0 Å². The molecule has 4 heteroatoms. The van der Waals surface area contributed by atoms with Crippen molar-refractivity contribution in [1.82, 2.24) is 9.97 Å². The van der Waals surface area contributed by atoms with Crippen LogP contribution in [0.15, 0.2) is 40.0 Å². The number of fused-ring (bicyclic) bond motifs is 1. The molecule has 0 spiro atoms. The van der Waals surface area contributed by atoms with Gasteiger partial charge in [0.05, 0.1) is 11.4 Å². The molecule has 0 saturated heterocycles. The summed E-state index contributed by atoms with van der Waals surface area (Å²) in [4.78, 5) is 21.0. The number of nitrogens with one attached hydrogen (secondary N) is 1. The average molecular weight is 286 g/mol. The second-order valence-corrected chi connectivity index (χ2v) is 6.15. The van der Waals surface area contributed by atoms with Crippen LogP contribution in [0.3, 0.4) is 0 Å². The molecule has 3 rings (SSSR count). The van der Waals surface area contributed by atoms with Gasteiger partial charge in [-0.2, -0.15) is 0 Å². The Morgan fingerprint density at radius 2 is 1.90 bits per heavy atom. The zero-order valence-corrected chi connectivity index (χ0v) is 12.2. The molecule has 0 fully saturated rings. The minimum Gasteiger partial charge on any atom is -0.310 e. The molecule has 0 aliphatic heterocycles. The van der Waals surface area contributed by atoms with E-state index in [1.54, 1.807) is 11.8 Å². The first-order chi connectivity index (χ1) is 9.83. The first kappa shape index (κ1) is 13.4. The number of benzene rings is 1. The van der Waals surface area contributed by atoms with Crippen LogP contribution in [0.25, 0.3) is 0 Å². The molecule has 0 atom stereocenters. The van der Waals surface area contributed by atoms with Gasteiger partial charge in [0, 0.05) is 10.5 Å². The molecule has 104 valence electrons. The number of hydrogen-bond donors (Lipinski definition) is 1. The molecular weight excluding hydrogens is 268 g/mol. The van der Waals surface area contributed by atoms with E-state index in [1.807, 2.05) is 18.2 Å². The van der Waals surface area contributed by atoms with Crippen molar-refractivity contribution in [3.63, 3.8) is 0 Å². The first-order valence-electron chi connectivity index (χ1n) is 7.12. The number of hydrogen-bond acceptors (Lipinski definition) is 3. The Hall–Kier alpha value is -1.55. The van der Waals surface area contributed by atoms with E-state index in [-0.39, 0.29) is 5.56 Å². The summed E-state index contributed by atoms with van der Waals surface area (Å²) in [6, 6.07) is 10.2. The van der Waals surface area contributed by atoms with Gasteiger partial charge in [0.15, 0.2) is 0 Å². The summed E-state index contributed by atoms with van der Waals surface area (Å²) in [6.45, 7) is 0. The number of thioether (sulfide) groups is 1. The van der Waals surface area contributed by atoms with Crippen LogP contribution in [0.2, 0.25) is 0 Å². The Bertz CT molecular complexity index is 637. The molecule has 0 amide bonds. The fourth-order valence-corrected chi connectivity index (χ4v) is 3.36. The van der Waals surface area contributed by atoms with Crippen LogP contribution in [0, 0.1) is 0 Å². The van der Waals surface area contributed by atoms with Gasteiger partial charge < -0.3 is 4.98 Å². The molecule has 20 heavy (non-hydrogen) atoms. The molecule has 1 aliphatic carbocycles. The van der Waals surface area contributed by atoms with Crippen molar-refractivity contribution in [3.8, 4) is 0 Å². The quantitative estimate of drug-likeness (QED) is 0.695. The topological polar surface area (TPSA) is 45.8 Å². The van der Waals surface area contributed by atoms with Crippen LogP contribution in [-0.4, -0.2) is 9.97 Å². The maximum Gasteiger partial charge on any atom is 0.254 e. The van der Waals surface area contributed by atoms with E-state index in [9.17, 15) is 4.79 Å². The molecule has 1 N–H and O–H groups in total. The van der Waals surface area contributed by atoms with Crippen molar-refractivity contribution >= 4 is 11.8 Å². The third-order valence-electron chi connectivity index (χ3n) is 3.61. The number of rotatable bonds is 3. The summed E-state index contributed by atoms with van der Waals surface area (Å²) in [5.74, 6) is 1.51. The standard InChI is InChI=1S/C16H18N2OS/c19-16-13-9-5-2-6-10-14(13)17-15(18-16)11-20-12-7-3-1-4-8-12/h1,3-4,7-8H,2,5-6,9-11H2,(H,17,18,19). The predicted molar refractivity (Wildman–Crippen MR) is 82.1 cm³/mol. The number of aryl methyl sites for hydroxylation is 1. The van der Waals surface area contributed by atoms with Crippen LogP contribution in [-0.2, 0) is 18.6 Å². The molecule has 0 bridgehead atoms. The minimum atomic E-state index is 0.0700. The molecule has 0 saturated carbocycles. The van der Waals surface area contributed by atoms with Crippen LogP contribution >= 0.6 is 11.8 Å². The molecule has 2 aromatic rings. The molecule has 1 aromatic carbocycles. The lowest BCUT2D eigenvalue weighted by molar-refractivity contribution is 0.708. The van der Waals surface area contributed by atoms with E-state index in [0.717, 1.165) is 42.8 Å². The predicted octanol–water partition coefficient (Wildman–Crippen LogP) is 3.33. The second-order valence-electron chi connectivity index (χ2n) is 5.10. The van der Waals surface area contributed by atoms with E-state index >= 15 is 0 Å². The Balaban J connectivity index is 1.79. The third kappa shape index (κ3) is 3.12. The van der Waals surface area contributed by atoms with Crippen molar-refractivity contribution in [2.45, 2.75) is 42.8 Å². The highest BCUT2D eigenvalue weighted by Gasteiger charge is 2.14. The molecule has 3 nitrogen and oxygen atoms in total. The van der Waals surface area contributed by atoms with Crippen molar-refractivity contribution in [1.29, 1.82) is 0 Å². The monoisotopic (exact) mass is 286 g/mol. The maximum atomic E-state index is 12.1. The van der Waals surface area contributed by atoms with E-state index in [4.69, 9.17) is 0 Å². The van der Waals surface area contributed by atoms with Gasteiger partial charge in [0.25, 0.3) is 5.56 Å². The lowest BCUT2D eigenvalue weighted by atomic mass is 10.1. The van der Waals surface area contributed by atoms with Crippen molar-refractivity contribution < 1.29 is 0 Å². The largest absolute Gasteiger partial charge is 0.310 e. The number of aromatic nitrogens is 2. The summed E-state index contributed by atoms with van der Waals surface area (Å²) in [6.07, 6.45) is 5.28. The van der Waals surface area contributed by atoms with Gasteiger partial charge in [-0.3, -0.25) is 4.79 Å². The number of H-pyrrole nitrogens is 1. The van der Waals surface area contributed by atoms with E-state index in [1.165, 1.54) is 11.3 Å². The molecule has 1 aliphatic rings. The van der Waals surface area contributed by atoms with E-state index in [0.29, 0.717) is 5.75 Å². The third-order valence-corrected chi connectivity index (χ3v) is 4.63. The normalized spacial score (nSPS) is 14.6. The van der Waals surface area contributed by atoms with Crippen molar-refractivity contribution in [3.05, 3.63) is 57.8 Å². The summed E-state index contributed by atoms with van der Waals surface area (Å²) in [5.41, 5.74) is 2.01. The minimum absolute atomic E-state index is 0.0700. The molecule has 1 aromatic heterocycles. The average Bonchev–Trinajstić information content (AvgIpc) is 2.72. The summed E-state index contributed by atoms with van der Waals surface area (Å²) in [5, 5.41) is 0. The zero-order chi connectivity index (χ0) is 13.8. The molecular formula is C16H18N2OS. The van der Waals surface area contributed by atoms with Crippen LogP contribution in [0.4, 0.5) is 0 Å². The Kier molecular flexibility index (Phi) is 4.21. The van der Waals surface area contributed by atoms with Gasteiger partial charge in [-0.25, -0.2) is 4.98 Å². The highest BCUT2D eigenvalue weighted by atomic mass is 32.2. The lowest BCUT2D eigenvalue weighted by Gasteiger charge is -2.07. The summed E-state index contributed by atoms with van der Waals surface area (Å²) >= 11 is 1.71. The fourth-order valence-electron chi connectivity index (χ4n) is 2.57. The summed E-state index contributed by atoms with van der Waals surface area (Å²) in [7, 11) is 0. The lowest BCUT2D eigenvalue weighted by Crippen LogP contribution is -2.19. The molecule has 1 heterocycles. The van der Waals surface area contributed by atoms with Gasteiger partial charge in [-0.05, 0) is 37.8 Å². The zero-order valence-electron chi connectivity index (χ0n) is 11.4. The SMILES string of the molecule is O=c1[nH]c(CSc2ccccc2)nc2c1CCCCC2.